The van der Waals surface area contributed by atoms with E-state index in [-0.39, 0.29) is 5.69 Å². The molecule has 0 aliphatic rings. The number of aryl methyl sites for hydroxylation is 1. The molecule has 9 nitrogen and oxygen atoms in total. The number of carbonyl (C=O) groups excluding carboxylic acids is 1. The van der Waals surface area contributed by atoms with Crippen molar-refractivity contribution in [2.24, 2.45) is 7.05 Å². The van der Waals surface area contributed by atoms with Gasteiger partial charge in [-0.3, -0.25) is 14.4 Å². The van der Waals surface area contributed by atoms with Gasteiger partial charge in [0.25, 0.3) is 11.5 Å². The molecule has 102 valence electrons. The molecule has 0 aliphatic heterocycles. The average molecular weight is 269 g/mol. The van der Waals surface area contributed by atoms with Crippen LogP contribution in [0.2, 0.25) is 0 Å². The molecule has 1 unspecified atom stereocenters. The zero-order valence-electron chi connectivity index (χ0n) is 9.86. The minimum atomic E-state index is -1.57. The van der Waals surface area contributed by atoms with Crippen LogP contribution < -0.4 is 10.9 Å². The Kier molecular flexibility index (Phi) is 4.35. The Labute approximate surface area is 106 Å². The second-order valence-corrected chi connectivity index (χ2v) is 3.64. The minimum absolute atomic E-state index is 0.182. The number of aromatic nitrogens is 2. The molecular formula is C10H11N3O6. The molecule has 1 amide bonds. The Morgan fingerprint density at radius 3 is 2.47 bits per heavy atom. The predicted octanol–water partition coefficient (Wildman–Crippen LogP) is -1.56. The summed E-state index contributed by atoms with van der Waals surface area (Å²) in [6, 6.07) is 0.649. The maximum Gasteiger partial charge on any atom is 0.326 e. The van der Waals surface area contributed by atoms with Gasteiger partial charge in [-0.1, -0.05) is 0 Å². The SMILES string of the molecule is Cn1nc(C(=O)NC(CC(=O)O)C(=O)O)ccc1=O. The van der Waals surface area contributed by atoms with E-state index < -0.39 is 35.9 Å². The smallest absolute Gasteiger partial charge is 0.326 e. The Balaban J connectivity index is 2.87. The lowest BCUT2D eigenvalue weighted by Crippen LogP contribution is -2.43. The first-order valence-corrected chi connectivity index (χ1v) is 5.11. The molecule has 0 radical (unpaired) electrons. The van der Waals surface area contributed by atoms with Gasteiger partial charge in [-0.05, 0) is 6.07 Å². The highest BCUT2D eigenvalue weighted by atomic mass is 16.4. The summed E-state index contributed by atoms with van der Waals surface area (Å²) < 4.78 is 0.905. The largest absolute Gasteiger partial charge is 0.481 e. The monoisotopic (exact) mass is 269 g/mol. The fraction of sp³-hybridized carbons (Fsp3) is 0.300. The van der Waals surface area contributed by atoms with Crippen LogP contribution in [-0.4, -0.2) is 43.9 Å². The summed E-state index contributed by atoms with van der Waals surface area (Å²) in [6.45, 7) is 0. The lowest BCUT2D eigenvalue weighted by atomic mass is 10.2. The average Bonchev–Trinajstić information content (AvgIpc) is 2.31. The van der Waals surface area contributed by atoms with E-state index in [4.69, 9.17) is 10.2 Å². The third-order valence-electron chi connectivity index (χ3n) is 2.18. The summed E-state index contributed by atoms with van der Waals surface area (Å²) in [5.41, 5.74) is -0.615. The number of nitrogens with zero attached hydrogens (tertiary/aromatic N) is 2. The molecule has 1 atom stereocenters. The van der Waals surface area contributed by atoms with Gasteiger partial charge in [0.05, 0.1) is 6.42 Å². The van der Waals surface area contributed by atoms with Crippen molar-refractivity contribution >= 4 is 17.8 Å². The Bertz CT molecular complexity index is 579. The number of carboxylic acids is 2. The van der Waals surface area contributed by atoms with E-state index in [0.717, 1.165) is 16.8 Å². The summed E-state index contributed by atoms with van der Waals surface area (Å²) >= 11 is 0. The van der Waals surface area contributed by atoms with Crippen LogP contribution in [-0.2, 0) is 16.6 Å². The van der Waals surface area contributed by atoms with Crippen LogP contribution in [0.15, 0.2) is 16.9 Å². The standard InChI is InChI=1S/C10H11N3O6/c1-13-7(14)3-2-5(12-13)9(17)11-6(10(18)19)4-8(15)16/h2-3,6H,4H2,1H3,(H,11,17)(H,15,16)(H,18,19). The van der Waals surface area contributed by atoms with Crippen molar-refractivity contribution in [1.82, 2.24) is 15.1 Å². The fourth-order valence-corrected chi connectivity index (χ4v) is 1.23. The molecule has 0 aliphatic carbocycles. The highest BCUT2D eigenvalue weighted by Crippen LogP contribution is 1.97. The van der Waals surface area contributed by atoms with Crippen LogP contribution in [0.3, 0.4) is 0 Å². The van der Waals surface area contributed by atoms with Crippen molar-refractivity contribution in [3.8, 4) is 0 Å². The minimum Gasteiger partial charge on any atom is -0.481 e. The molecule has 19 heavy (non-hydrogen) atoms. The van der Waals surface area contributed by atoms with Gasteiger partial charge in [0, 0.05) is 13.1 Å². The van der Waals surface area contributed by atoms with Gasteiger partial charge in [0.15, 0.2) is 0 Å². The van der Waals surface area contributed by atoms with Gasteiger partial charge in [-0.15, -0.1) is 0 Å². The summed E-state index contributed by atoms with van der Waals surface area (Å²) in [6.07, 6.45) is -0.757. The first-order valence-electron chi connectivity index (χ1n) is 5.11. The van der Waals surface area contributed by atoms with Crippen LogP contribution in [0.5, 0.6) is 0 Å². The predicted molar refractivity (Wildman–Crippen MR) is 60.6 cm³/mol. The number of carboxylic acid groups (broad SMARTS) is 2. The van der Waals surface area contributed by atoms with E-state index >= 15 is 0 Å². The van der Waals surface area contributed by atoms with Gasteiger partial charge in [-0.25, -0.2) is 9.48 Å². The van der Waals surface area contributed by atoms with Crippen molar-refractivity contribution in [1.29, 1.82) is 0 Å². The number of hydrogen-bond donors (Lipinski definition) is 3. The van der Waals surface area contributed by atoms with Crippen LogP contribution in [0.1, 0.15) is 16.9 Å². The number of carbonyl (C=O) groups is 3. The lowest BCUT2D eigenvalue weighted by Gasteiger charge is -2.11. The number of hydrogen-bond acceptors (Lipinski definition) is 5. The number of amides is 1. The van der Waals surface area contributed by atoms with Crippen molar-refractivity contribution in [2.45, 2.75) is 12.5 Å². The zero-order valence-corrected chi connectivity index (χ0v) is 9.86. The van der Waals surface area contributed by atoms with E-state index in [1.807, 2.05) is 5.32 Å². The molecule has 0 spiro atoms. The van der Waals surface area contributed by atoms with Gasteiger partial charge >= 0.3 is 11.9 Å². The molecule has 1 heterocycles. The van der Waals surface area contributed by atoms with E-state index in [9.17, 15) is 19.2 Å². The topological polar surface area (TPSA) is 139 Å². The van der Waals surface area contributed by atoms with Crippen LogP contribution >= 0.6 is 0 Å². The maximum atomic E-state index is 11.7. The lowest BCUT2D eigenvalue weighted by molar-refractivity contribution is -0.145. The normalized spacial score (nSPS) is 11.6. The van der Waals surface area contributed by atoms with Crippen LogP contribution in [0, 0.1) is 0 Å². The molecule has 9 heteroatoms. The molecule has 1 aromatic rings. The molecular weight excluding hydrogens is 258 g/mol. The zero-order chi connectivity index (χ0) is 14.6. The third kappa shape index (κ3) is 3.91. The molecule has 3 N–H and O–H groups in total. The summed E-state index contributed by atoms with van der Waals surface area (Å²) in [7, 11) is 1.32. The van der Waals surface area contributed by atoms with E-state index in [1.54, 1.807) is 0 Å². The summed E-state index contributed by atoms with van der Waals surface area (Å²) in [5.74, 6) is -3.70. The van der Waals surface area contributed by atoms with E-state index in [0.29, 0.717) is 0 Å². The quantitative estimate of drug-likeness (QED) is 0.587. The maximum absolute atomic E-state index is 11.7. The van der Waals surface area contributed by atoms with Gasteiger partial charge in [-0.2, -0.15) is 5.10 Å². The van der Waals surface area contributed by atoms with Gasteiger partial charge < -0.3 is 15.5 Å². The Morgan fingerprint density at radius 2 is 2.00 bits per heavy atom. The first-order chi connectivity index (χ1) is 8.81. The van der Waals surface area contributed by atoms with Crippen molar-refractivity contribution < 1.29 is 24.6 Å². The number of nitrogens with one attached hydrogen (secondary N) is 1. The highest BCUT2D eigenvalue weighted by molar-refractivity contribution is 5.95. The summed E-state index contributed by atoms with van der Waals surface area (Å²) in [4.78, 5) is 44.0. The van der Waals surface area contributed by atoms with Crippen molar-refractivity contribution in [2.75, 3.05) is 0 Å². The Morgan fingerprint density at radius 1 is 1.37 bits per heavy atom. The van der Waals surface area contributed by atoms with Crippen molar-refractivity contribution in [3.63, 3.8) is 0 Å². The second kappa shape index (κ2) is 5.76. The second-order valence-electron chi connectivity index (χ2n) is 3.64. The summed E-state index contributed by atoms with van der Waals surface area (Å²) in [5, 5.41) is 22.9. The van der Waals surface area contributed by atoms with E-state index in [2.05, 4.69) is 5.10 Å². The molecule has 0 saturated heterocycles. The molecule has 0 fully saturated rings. The first kappa shape index (κ1) is 14.4. The van der Waals surface area contributed by atoms with Crippen LogP contribution in [0.25, 0.3) is 0 Å². The number of rotatable bonds is 5. The van der Waals surface area contributed by atoms with Gasteiger partial charge in [0.1, 0.15) is 11.7 Å². The van der Waals surface area contributed by atoms with Gasteiger partial charge in [0.2, 0.25) is 0 Å². The molecule has 1 rings (SSSR count). The van der Waals surface area contributed by atoms with Crippen molar-refractivity contribution in [3.05, 3.63) is 28.2 Å². The molecule has 0 saturated carbocycles. The Hall–Kier alpha value is -2.71. The van der Waals surface area contributed by atoms with E-state index in [1.165, 1.54) is 7.05 Å². The third-order valence-corrected chi connectivity index (χ3v) is 2.18. The fourth-order valence-electron chi connectivity index (χ4n) is 1.23. The molecule has 0 bridgehead atoms. The number of aliphatic carboxylic acids is 2. The molecule has 0 aromatic carbocycles. The molecule has 1 aromatic heterocycles. The van der Waals surface area contributed by atoms with Crippen LogP contribution in [0.4, 0.5) is 0 Å². The highest BCUT2D eigenvalue weighted by Gasteiger charge is 2.24.